The smallest absolute Gasteiger partial charge is 0.116 e. The monoisotopic (exact) mass is 392 g/mol. The van der Waals surface area contributed by atoms with E-state index in [2.05, 4.69) is 62.4 Å². The van der Waals surface area contributed by atoms with Crippen LogP contribution in [0.3, 0.4) is 0 Å². The highest BCUT2D eigenvalue weighted by Gasteiger charge is 2.17. The molecule has 0 bridgehead atoms. The van der Waals surface area contributed by atoms with Crippen LogP contribution in [0.5, 0.6) is 11.5 Å². The van der Waals surface area contributed by atoms with E-state index in [9.17, 15) is 10.2 Å². The predicted molar refractivity (Wildman–Crippen MR) is 124 cm³/mol. The number of aromatic hydroxyl groups is 2. The third-order valence-electron chi connectivity index (χ3n) is 5.20. The maximum Gasteiger partial charge on any atom is 0.116 e. The summed E-state index contributed by atoms with van der Waals surface area (Å²) in [6.45, 7) is 4.13. The van der Waals surface area contributed by atoms with Gasteiger partial charge in [-0.05, 0) is 71.5 Å². The van der Waals surface area contributed by atoms with E-state index in [0.29, 0.717) is 0 Å². The van der Waals surface area contributed by atoms with Gasteiger partial charge in [0.15, 0.2) is 0 Å². The van der Waals surface area contributed by atoms with E-state index >= 15 is 0 Å². The summed E-state index contributed by atoms with van der Waals surface area (Å²) < 4.78 is 0. The van der Waals surface area contributed by atoms with E-state index < -0.39 is 0 Å². The SMILES string of the molecule is Cc1ccc(/C(=C(/c2ccc(C)cc2)c2cccc(O)c2)c2cccc(O)c2)cc1. The zero-order valence-corrected chi connectivity index (χ0v) is 17.1. The highest BCUT2D eigenvalue weighted by atomic mass is 16.3. The molecule has 0 heterocycles. The molecular formula is C28H24O2. The molecule has 4 aromatic rings. The van der Waals surface area contributed by atoms with Crippen molar-refractivity contribution in [2.45, 2.75) is 13.8 Å². The van der Waals surface area contributed by atoms with Gasteiger partial charge < -0.3 is 10.2 Å². The van der Waals surface area contributed by atoms with Crippen molar-refractivity contribution < 1.29 is 10.2 Å². The fraction of sp³-hybridized carbons (Fsp3) is 0.0714. The van der Waals surface area contributed by atoms with Crippen molar-refractivity contribution in [1.82, 2.24) is 0 Å². The molecule has 0 aromatic heterocycles. The molecule has 0 spiro atoms. The molecule has 0 saturated heterocycles. The van der Waals surface area contributed by atoms with Crippen molar-refractivity contribution in [3.63, 3.8) is 0 Å². The second-order valence-electron chi connectivity index (χ2n) is 7.58. The Morgan fingerprint density at radius 2 is 0.833 bits per heavy atom. The summed E-state index contributed by atoms with van der Waals surface area (Å²) >= 11 is 0. The number of phenolic OH excluding ortho intramolecular Hbond substituents is 2. The van der Waals surface area contributed by atoms with Gasteiger partial charge in [0, 0.05) is 0 Å². The van der Waals surface area contributed by atoms with Crippen LogP contribution in [0.4, 0.5) is 0 Å². The van der Waals surface area contributed by atoms with Crippen LogP contribution in [0.2, 0.25) is 0 Å². The molecule has 2 nitrogen and oxygen atoms in total. The predicted octanol–water partition coefficient (Wildman–Crippen LogP) is 6.72. The Kier molecular flexibility index (Phi) is 5.40. The minimum atomic E-state index is 0.219. The van der Waals surface area contributed by atoms with Crippen molar-refractivity contribution in [2.24, 2.45) is 0 Å². The summed E-state index contributed by atoms with van der Waals surface area (Å²) in [5.74, 6) is 0.438. The topological polar surface area (TPSA) is 40.5 Å². The second-order valence-corrected chi connectivity index (χ2v) is 7.58. The zero-order chi connectivity index (χ0) is 21.1. The number of rotatable bonds is 4. The van der Waals surface area contributed by atoms with E-state index in [1.165, 1.54) is 11.1 Å². The normalized spacial score (nSPS) is 11.8. The van der Waals surface area contributed by atoms with Crippen LogP contribution < -0.4 is 0 Å². The van der Waals surface area contributed by atoms with Gasteiger partial charge in [0.25, 0.3) is 0 Å². The Labute approximate surface area is 177 Å². The number of benzene rings is 4. The average Bonchev–Trinajstić information content (AvgIpc) is 2.74. The van der Waals surface area contributed by atoms with Crippen LogP contribution in [-0.2, 0) is 0 Å². The van der Waals surface area contributed by atoms with Crippen LogP contribution in [0.25, 0.3) is 11.1 Å². The molecule has 0 aliphatic rings. The average molecular weight is 392 g/mol. The first-order valence-corrected chi connectivity index (χ1v) is 9.98. The van der Waals surface area contributed by atoms with Gasteiger partial charge in [-0.1, -0.05) is 83.9 Å². The molecule has 4 rings (SSSR count). The van der Waals surface area contributed by atoms with Gasteiger partial charge in [-0.3, -0.25) is 0 Å². The number of hydrogen-bond acceptors (Lipinski definition) is 2. The van der Waals surface area contributed by atoms with Gasteiger partial charge in [0.05, 0.1) is 0 Å². The first-order valence-electron chi connectivity index (χ1n) is 9.98. The summed E-state index contributed by atoms with van der Waals surface area (Å²) in [5, 5.41) is 20.4. The highest BCUT2D eigenvalue weighted by molar-refractivity contribution is 6.04. The molecule has 4 aromatic carbocycles. The van der Waals surface area contributed by atoms with Crippen LogP contribution >= 0.6 is 0 Å². The largest absolute Gasteiger partial charge is 0.508 e. The Morgan fingerprint density at radius 3 is 1.17 bits per heavy atom. The summed E-state index contributed by atoms with van der Waals surface area (Å²) in [7, 11) is 0. The van der Waals surface area contributed by atoms with Crippen LogP contribution in [0, 0.1) is 13.8 Å². The van der Waals surface area contributed by atoms with Gasteiger partial charge in [0.1, 0.15) is 11.5 Å². The third-order valence-corrected chi connectivity index (χ3v) is 5.20. The molecule has 0 amide bonds. The molecule has 2 N–H and O–H groups in total. The van der Waals surface area contributed by atoms with Crippen LogP contribution in [-0.4, -0.2) is 10.2 Å². The maximum absolute atomic E-state index is 10.2. The molecule has 2 heteroatoms. The molecule has 0 aliphatic carbocycles. The first kappa shape index (κ1) is 19.5. The molecule has 0 unspecified atom stereocenters. The zero-order valence-electron chi connectivity index (χ0n) is 17.1. The lowest BCUT2D eigenvalue weighted by Crippen LogP contribution is -1.98. The molecule has 0 aliphatic heterocycles. The molecule has 0 fully saturated rings. The van der Waals surface area contributed by atoms with E-state index in [1.54, 1.807) is 24.3 Å². The second kappa shape index (κ2) is 8.30. The van der Waals surface area contributed by atoms with Crippen molar-refractivity contribution in [1.29, 1.82) is 0 Å². The number of aryl methyl sites for hydroxylation is 2. The van der Waals surface area contributed by atoms with Crippen molar-refractivity contribution in [3.8, 4) is 11.5 Å². The lowest BCUT2D eigenvalue weighted by Gasteiger charge is -2.19. The molecule has 148 valence electrons. The van der Waals surface area contributed by atoms with E-state index in [0.717, 1.165) is 33.4 Å². The van der Waals surface area contributed by atoms with Gasteiger partial charge in [-0.15, -0.1) is 0 Å². The van der Waals surface area contributed by atoms with E-state index in [4.69, 9.17) is 0 Å². The number of hydrogen-bond donors (Lipinski definition) is 2. The summed E-state index contributed by atoms with van der Waals surface area (Å²) in [4.78, 5) is 0. The third kappa shape index (κ3) is 4.13. The van der Waals surface area contributed by atoms with Gasteiger partial charge in [-0.2, -0.15) is 0 Å². The summed E-state index contributed by atoms with van der Waals surface area (Å²) in [6.07, 6.45) is 0. The lowest BCUT2D eigenvalue weighted by atomic mass is 9.85. The lowest BCUT2D eigenvalue weighted by molar-refractivity contribution is 0.474. The maximum atomic E-state index is 10.2. The highest BCUT2D eigenvalue weighted by Crippen LogP contribution is 2.38. The Hall–Kier alpha value is -3.78. The summed E-state index contributed by atoms with van der Waals surface area (Å²) in [5.41, 5.74) is 8.29. The minimum Gasteiger partial charge on any atom is -0.508 e. The van der Waals surface area contributed by atoms with Crippen LogP contribution in [0.1, 0.15) is 33.4 Å². The minimum absolute atomic E-state index is 0.219. The molecule has 0 radical (unpaired) electrons. The van der Waals surface area contributed by atoms with E-state index in [-0.39, 0.29) is 11.5 Å². The summed E-state index contributed by atoms with van der Waals surface area (Å²) in [6, 6.07) is 31.4. The van der Waals surface area contributed by atoms with Crippen LogP contribution in [0.15, 0.2) is 97.1 Å². The Morgan fingerprint density at radius 1 is 0.467 bits per heavy atom. The molecule has 30 heavy (non-hydrogen) atoms. The van der Waals surface area contributed by atoms with Crippen molar-refractivity contribution >= 4 is 11.1 Å². The van der Waals surface area contributed by atoms with Crippen molar-refractivity contribution in [3.05, 3.63) is 130 Å². The fourth-order valence-electron chi connectivity index (χ4n) is 3.67. The Bertz CT molecular complexity index is 1100. The van der Waals surface area contributed by atoms with E-state index in [1.807, 2.05) is 24.3 Å². The fourth-order valence-corrected chi connectivity index (χ4v) is 3.67. The Balaban J connectivity index is 2.11. The van der Waals surface area contributed by atoms with Gasteiger partial charge in [-0.25, -0.2) is 0 Å². The quantitative estimate of drug-likeness (QED) is 0.378. The first-order chi connectivity index (χ1) is 14.5. The van der Waals surface area contributed by atoms with Gasteiger partial charge >= 0.3 is 0 Å². The van der Waals surface area contributed by atoms with Gasteiger partial charge in [0.2, 0.25) is 0 Å². The number of phenols is 2. The standard InChI is InChI=1S/C28H24O2/c1-19-9-13-21(14-10-19)27(23-5-3-7-25(29)17-23)28(22-15-11-20(2)12-16-22)24-6-4-8-26(30)18-24/h3-18,29-30H,1-2H3/b28-27+. The molecule has 0 atom stereocenters. The molecular weight excluding hydrogens is 368 g/mol. The van der Waals surface area contributed by atoms with Crippen molar-refractivity contribution in [2.75, 3.05) is 0 Å². The molecule has 0 saturated carbocycles.